The summed E-state index contributed by atoms with van der Waals surface area (Å²) in [5, 5.41) is 2.90. The van der Waals surface area contributed by atoms with Gasteiger partial charge in [0, 0.05) is 18.8 Å². The minimum atomic E-state index is -0.296. The van der Waals surface area contributed by atoms with Gasteiger partial charge in [-0.25, -0.2) is 4.79 Å². The Morgan fingerprint density at radius 2 is 1.85 bits per heavy atom. The van der Waals surface area contributed by atoms with Gasteiger partial charge in [-0.1, -0.05) is 13.3 Å². The van der Waals surface area contributed by atoms with Gasteiger partial charge in [0.25, 0.3) is 0 Å². The normalized spacial score (nSPS) is 17.2. The second kappa shape index (κ2) is 10.0. The molecule has 8 nitrogen and oxygen atoms in total. The van der Waals surface area contributed by atoms with E-state index in [0.717, 1.165) is 36.1 Å². The molecule has 0 aliphatic carbocycles. The van der Waals surface area contributed by atoms with Gasteiger partial charge in [0.2, 0.25) is 5.91 Å². The molecular weight excluding hydrogens is 422 g/mol. The molecule has 8 heteroatoms. The Morgan fingerprint density at radius 3 is 2.55 bits per heavy atom. The van der Waals surface area contributed by atoms with Crippen molar-refractivity contribution >= 4 is 17.6 Å². The van der Waals surface area contributed by atoms with E-state index in [1.807, 2.05) is 41.3 Å². The number of piperazine rings is 1. The molecule has 0 spiro atoms. The lowest BCUT2D eigenvalue weighted by atomic mass is 9.90. The number of methoxy groups -OCH3 is 2. The molecule has 2 heterocycles. The first kappa shape index (κ1) is 22.8. The zero-order valence-corrected chi connectivity index (χ0v) is 19.4. The number of rotatable bonds is 7. The fourth-order valence-electron chi connectivity index (χ4n) is 4.38. The lowest BCUT2D eigenvalue weighted by molar-refractivity contribution is -0.139. The maximum atomic E-state index is 13.0. The number of nitrogens with zero attached hydrogens (tertiary/aromatic N) is 2. The summed E-state index contributed by atoms with van der Waals surface area (Å²) in [5.41, 5.74) is 2.77. The van der Waals surface area contributed by atoms with Gasteiger partial charge >= 0.3 is 6.03 Å². The Kier molecular flexibility index (Phi) is 6.91. The van der Waals surface area contributed by atoms with Gasteiger partial charge in [-0.15, -0.1) is 0 Å². The highest BCUT2D eigenvalue weighted by molar-refractivity contribution is 5.93. The van der Waals surface area contributed by atoms with E-state index in [1.54, 1.807) is 19.1 Å². The van der Waals surface area contributed by atoms with E-state index in [9.17, 15) is 9.59 Å². The fourth-order valence-corrected chi connectivity index (χ4v) is 4.38. The van der Waals surface area contributed by atoms with Gasteiger partial charge in [0.1, 0.15) is 12.3 Å². The molecule has 4 rings (SSSR count). The molecule has 0 bridgehead atoms. The third-order valence-electron chi connectivity index (χ3n) is 6.20. The highest BCUT2D eigenvalue weighted by Gasteiger charge is 2.39. The second-order valence-corrected chi connectivity index (χ2v) is 8.30. The molecule has 0 radical (unpaired) electrons. The van der Waals surface area contributed by atoms with Crippen molar-refractivity contribution < 1.29 is 23.8 Å². The number of nitrogens with one attached hydrogen (secondary N) is 1. The first-order chi connectivity index (χ1) is 16.0. The molecule has 2 aromatic rings. The summed E-state index contributed by atoms with van der Waals surface area (Å²) in [4.78, 5) is 29.3. The predicted octanol–water partition coefficient (Wildman–Crippen LogP) is 3.86. The smallest absolute Gasteiger partial charge is 0.322 e. The topological polar surface area (TPSA) is 80.3 Å². The largest absolute Gasteiger partial charge is 0.494 e. The van der Waals surface area contributed by atoms with E-state index >= 15 is 0 Å². The maximum absolute atomic E-state index is 13.0. The van der Waals surface area contributed by atoms with Crippen molar-refractivity contribution in [1.29, 1.82) is 0 Å². The number of benzene rings is 2. The number of hydrogen-bond donors (Lipinski definition) is 1. The maximum Gasteiger partial charge on any atom is 0.322 e. The highest BCUT2D eigenvalue weighted by Crippen LogP contribution is 2.39. The van der Waals surface area contributed by atoms with Crippen LogP contribution < -0.4 is 19.5 Å². The van der Waals surface area contributed by atoms with Gasteiger partial charge in [0.05, 0.1) is 26.9 Å². The summed E-state index contributed by atoms with van der Waals surface area (Å²) in [6.45, 7) is 3.89. The summed E-state index contributed by atoms with van der Waals surface area (Å²) in [7, 11) is 3.20. The van der Waals surface area contributed by atoms with Crippen molar-refractivity contribution in [2.45, 2.75) is 32.2 Å². The second-order valence-electron chi connectivity index (χ2n) is 8.30. The molecular formula is C25H31N3O5. The molecule has 2 aliphatic heterocycles. The van der Waals surface area contributed by atoms with E-state index in [4.69, 9.17) is 14.2 Å². The van der Waals surface area contributed by atoms with E-state index in [-0.39, 0.29) is 24.5 Å². The Morgan fingerprint density at radius 1 is 1.12 bits per heavy atom. The summed E-state index contributed by atoms with van der Waals surface area (Å²) >= 11 is 0. The van der Waals surface area contributed by atoms with E-state index in [2.05, 4.69) is 12.2 Å². The number of carbonyl (C=O) groups excluding carboxylic acids is 2. The molecule has 0 saturated carbocycles. The van der Waals surface area contributed by atoms with Crippen molar-refractivity contribution in [1.82, 2.24) is 9.80 Å². The Balaban J connectivity index is 1.47. The monoisotopic (exact) mass is 453 g/mol. The van der Waals surface area contributed by atoms with Crippen molar-refractivity contribution in [3.63, 3.8) is 0 Å². The fraction of sp³-hybridized carbons (Fsp3) is 0.440. The molecule has 0 unspecified atom stereocenters. The van der Waals surface area contributed by atoms with Crippen LogP contribution in [0.4, 0.5) is 10.5 Å². The summed E-state index contributed by atoms with van der Waals surface area (Å²) in [6, 6.07) is 10.7. The molecule has 33 heavy (non-hydrogen) atoms. The van der Waals surface area contributed by atoms with E-state index < -0.39 is 0 Å². The molecule has 0 aromatic heterocycles. The third kappa shape index (κ3) is 4.84. The summed E-state index contributed by atoms with van der Waals surface area (Å²) in [6.07, 6.45) is 2.82. The van der Waals surface area contributed by atoms with Crippen molar-refractivity contribution in [2.75, 3.05) is 45.8 Å². The summed E-state index contributed by atoms with van der Waals surface area (Å²) < 4.78 is 16.6. The Labute approximate surface area is 194 Å². The summed E-state index contributed by atoms with van der Waals surface area (Å²) in [5.74, 6) is 2.01. The molecule has 1 N–H and O–H groups in total. The molecule has 2 aliphatic rings. The lowest BCUT2D eigenvalue weighted by Gasteiger charge is -2.44. The first-order valence-electron chi connectivity index (χ1n) is 11.4. The molecule has 1 saturated heterocycles. The number of anilines is 1. The first-order valence-corrected chi connectivity index (χ1v) is 11.4. The molecule has 176 valence electrons. The van der Waals surface area contributed by atoms with Gasteiger partial charge in [-0.2, -0.15) is 0 Å². The van der Waals surface area contributed by atoms with Gasteiger partial charge in [-0.3, -0.25) is 4.79 Å². The van der Waals surface area contributed by atoms with Crippen LogP contribution in [0, 0.1) is 0 Å². The number of ether oxygens (including phenoxy) is 3. The van der Waals surface area contributed by atoms with Gasteiger partial charge in [-0.05, 0) is 60.4 Å². The SMILES string of the molecule is CCCCOc1ccc(NC(=O)N2CC(=O)N3CCc4cc(OC)c(OC)cc4[C@@H]3C2)cc1. The number of carbonyl (C=O) groups is 2. The molecule has 2 aromatic carbocycles. The lowest BCUT2D eigenvalue weighted by Crippen LogP contribution is -2.56. The quantitative estimate of drug-likeness (QED) is 0.644. The highest BCUT2D eigenvalue weighted by atomic mass is 16.5. The average molecular weight is 454 g/mol. The van der Waals surface area contributed by atoms with Crippen LogP contribution >= 0.6 is 0 Å². The van der Waals surface area contributed by atoms with Crippen molar-refractivity contribution in [3.8, 4) is 17.2 Å². The minimum Gasteiger partial charge on any atom is -0.494 e. The van der Waals surface area contributed by atoms with E-state index in [1.165, 1.54) is 0 Å². The predicted molar refractivity (Wildman–Crippen MR) is 125 cm³/mol. The zero-order valence-electron chi connectivity index (χ0n) is 19.4. The average Bonchev–Trinajstić information content (AvgIpc) is 2.84. The number of hydrogen-bond acceptors (Lipinski definition) is 5. The standard InChI is InChI=1S/C25H31N3O5/c1-4-5-12-33-19-8-6-18(7-9-19)26-25(30)27-15-21-20-14-23(32-3)22(31-2)13-17(20)10-11-28(21)24(29)16-27/h6-9,13-14,21H,4-5,10-12,15-16H2,1-3H3,(H,26,30)/t21-/m0/s1. The number of urea groups is 1. The van der Waals surface area contributed by atoms with Gasteiger partial charge < -0.3 is 29.3 Å². The van der Waals surface area contributed by atoms with Crippen LogP contribution in [0.25, 0.3) is 0 Å². The van der Waals surface area contributed by atoms with Crippen LogP contribution in [0.2, 0.25) is 0 Å². The third-order valence-corrected chi connectivity index (χ3v) is 6.20. The Hall–Kier alpha value is -3.42. The van der Waals surface area contributed by atoms with Crippen LogP contribution in [-0.2, 0) is 11.2 Å². The van der Waals surface area contributed by atoms with Crippen molar-refractivity contribution in [3.05, 3.63) is 47.5 Å². The molecule has 1 fully saturated rings. The number of fused-ring (bicyclic) bond motifs is 3. The minimum absolute atomic E-state index is 0.0542. The van der Waals surface area contributed by atoms with Crippen LogP contribution in [0.5, 0.6) is 17.2 Å². The van der Waals surface area contributed by atoms with Crippen LogP contribution in [0.15, 0.2) is 36.4 Å². The molecule has 3 amide bonds. The van der Waals surface area contributed by atoms with E-state index in [0.29, 0.717) is 36.9 Å². The number of amides is 3. The van der Waals surface area contributed by atoms with Crippen LogP contribution in [0.3, 0.4) is 0 Å². The Bertz CT molecular complexity index is 1010. The van der Waals surface area contributed by atoms with Crippen molar-refractivity contribution in [2.24, 2.45) is 0 Å². The number of unbranched alkanes of at least 4 members (excludes halogenated alkanes) is 1. The molecule has 1 atom stereocenters. The van der Waals surface area contributed by atoms with Crippen LogP contribution in [-0.4, -0.2) is 62.2 Å². The van der Waals surface area contributed by atoms with Gasteiger partial charge in [0.15, 0.2) is 11.5 Å². The van der Waals surface area contributed by atoms with Crippen LogP contribution in [0.1, 0.15) is 36.9 Å². The zero-order chi connectivity index (χ0) is 23.4.